The van der Waals surface area contributed by atoms with Crippen LogP contribution in [0, 0.1) is 6.92 Å². The number of nitrogens with zero attached hydrogens (tertiary/aromatic N) is 3. The normalized spacial score (nSPS) is 10.9. The minimum Gasteiger partial charge on any atom is -0.444 e. The van der Waals surface area contributed by atoms with Crippen LogP contribution < -0.4 is 0 Å². The fraction of sp³-hybridized carbons (Fsp3) is 0.105. The Hall–Kier alpha value is -2.86. The van der Waals surface area contributed by atoms with Crippen molar-refractivity contribution in [1.82, 2.24) is 15.2 Å². The van der Waals surface area contributed by atoms with Crippen LogP contribution in [0.1, 0.15) is 11.3 Å². The third-order valence-electron chi connectivity index (χ3n) is 3.62. The van der Waals surface area contributed by atoms with Gasteiger partial charge in [0.1, 0.15) is 6.26 Å². The van der Waals surface area contributed by atoms with E-state index in [-0.39, 0.29) is 0 Å². The van der Waals surface area contributed by atoms with Crippen molar-refractivity contribution in [2.75, 3.05) is 0 Å². The van der Waals surface area contributed by atoms with Crippen LogP contribution in [0.2, 0.25) is 0 Å². The Kier molecular flexibility index (Phi) is 4.35. The molecule has 0 aliphatic carbocycles. The van der Waals surface area contributed by atoms with Crippen LogP contribution in [0.3, 0.4) is 0 Å². The van der Waals surface area contributed by atoms with Gasteiger partial charge in [-0.2, -0.15) is 0 Å². The standard InChI is InChI=1S/C19H15N3O2S/c1-13-7-9-15(10-8-13)18-21-22-19(24-18)25-12-16-11-23-17(20-16)14-5-3-2-4-6-14/h2-11H,12H2,1H3. The fourth-order valence-electron chi connectivity index (χ4n) is 2.30. The molecule has 0 bridgehead atoms. The van der Waals surface area contributed by atoms with Crippen LogP contribution in [-0.4, -0.2) is 15.2 Å². The molecule has 0 fully saturated rings. The maximum Gasteiger partial charge on any atom is 0.277 e. The van der Waals surface area contributed by atoms with Gasteiger partial charge in [0.05, 0.1) is 5.69 Å². The molecule has 2 aromatic heterocycles. The van der Waals surface area contributed by atoms with Crippen LogP contribution >= 0.6 is 11.8 Å². The van der Waals surface area contributed by atoms with Crippen molar-refractivity contribution < 1.29 is 8.83 Å². The lowest BCUT2D eigenvalue weighted by atomic mass is 10.1. The molecule has 0 saturated carbocycles. The smallest absolute Gasteiger partial charge is 0.277 e. The van der Waals surface area contributed by atoms with Gasteiger partial charge < -0.3 is 8.83 Å². The van der Waals surface area contributed by atoms with Gasteiger partial charge in [0.15, 0.2) is 0 Å². The summed E-state index contributed by atoms with van der Waals surface area (Å²) in [5.74, 6) is 1.74. The number of rotatable bonds is 5. The van der Waals surface area contributed by atoms with Crippen molar-refractivity contribution in [2.24, 2.45) is 0 Å². The number of aryl methyl sites for hydroxylation is 1. The first-order chi connectivity index (χ1) is 12.3. The van der Waals surface area contributed by atoms with E-state index in [2.05, 4.69) is 15.2 Å². The molecule has 0 atom stereocenters. The average molecular weight is 349 g/mol. The van der Waals surface area contributed by atoms with Gasteiger partial charge in [0.2, 0.25) is 11.8 Å². The van der Waals surface area contributed by atoms with Gasteiger partial charge in [0.25, 0.3) is 5.22 Å². The Morgan fingerprint density at radius 2 is 1.64 bits per heavy atom. The Morgan fingerprint density at radius 3 is 2.44 bits per heavy atom. The van der Waals surface area contributed by atoms with E-state index in [0.29, 0.717) is 22.8 Å². The van der Waals surface area contributed by atoms with Gasteiger partial charge in [-0.15, -0.1) is 10.2 Å². The lowest BCUT2D eigenvalue weighted by molar-refractivity contribution is 0.466. The van der Waals surface area contributed by atoms with Gasteiger partial charge in [0, 0.05) is 16.9 Å². The number of hydrogen-bond donors (Lipinski definition) is 0. The average Bonchev–Trinajstić information content (AvgIpc) is 3.31. The van der Waals surface area contributed by atoms with Gasteiger partial charge in [-0.25, -0.2) is 4.98 Å². The zero-order chi connectivity index (χ0) is 17.1. The molecular formula is C19H15N3O2S. The molecule has 0 unspecified atom stereocenters. The number of aromatic nitrogens is 3. The number of benzene rings is 2. The highest BCUT2D eigenvalue weighted by Crippen LogP contribution is 2.27. The predicted molar refractivity (Wildman–Crippen MR) is 96.0 cm³/mol. The summed E-state index contributed by atoms with van der Waals surface area (Å²) in [6.45, 7) is 2.04. The maximum atomic E-state index is 5.71. The summed E-state index contributed by atoms with van der Waals surface area (Å²) in [4.78, 5) is 4.49. The van der Waals surface area contributed by atoms with Crippen LogP contribution in [0.4, 0.5) is 0 Å². The second-order valence-electron chi connectivity index (χ2n) is 5.54. The third-order valence-corrected chi connectivity index (χ3v) is 4.47. The molecule has 2 heterocycles. The molecule has 6 heteroatoms. The van der Waals surface area contributed by atoms with Gasteiger partial charge in [-0.05, 0) is 31.2 Å². The summed E-state index contributed by atoms with van der Waals surface area (Å²) < 4.78 is 11.2. The third kappa shape index (κ3) is 3.64. The molecule has 0 aliphatic heterocycles. The summed E-state index contributed by atoms with van der Waals surface area (Å²) in [6, 6.07) is 17.8. The summed E-state index contributed by atoms with van der Waals surface area (Å²) >= 11 is 1.44. The zero-order valence-electron chi connectivity index (χ0n) is 13.5. The Labute approximate surface area is 149 Å². The van der Waals surface area contributed by atoms with E-state index in [1.165, 1.54) is 17.3 Å². The van der Waals surface area contributed by atoms with Crippen molar-refractivity contribution in [1.29, 1.82) is 0 Å². The molecule has 124 valence electrons. The van der Waals surface area contributed by atoms with E-state index in [1.807, 2.05) is 61.5 Å². The van der Waals surface area contributed by atoms with Crippen molar-refractivity contribution in [3.63, 3.8) is 0 Å². The zero-order valence-corrected chi connectivity index (χ0v) is 14.4. The molecule has 0 aliphatic rings. The van der Waals surface area contributed by atoms with E-state index < -0.39 is 0 Å². The van der Waals surface area contributed by atoms with Gasteiger partial charge in [-0.1, -0.05) is 47.7 Å². The summed E-state index contributed by atoms with van der Waals surface area (Å²) in [5.41, 5.74) is 3.90. The van der Waals surface area contributed by atoms with Crippen LogP contribution in [0.15, 0.2) is 74.9 Å². The summed E-state index contributed by atoms with van der Waals surface area (Å²) in [5, 5.41) is 8.70. The molecule has 4 aromatic rings. The SMILES string of the molecule is Cc1ccc(-c2nnc(SCc3coc(-c4ccccc4)n3)o2)cc1. The molecular weight excluding hydrogens is 334 g/mol. The highest BCUT2D eigenvalue weighted by Gasteiger charge is 2.11. The van der Waals surface area contributed by atoms with Crippen molar-refractivity contribution in [3.05, 3.63) is 72.1 Å². The van der Waals surface area contributed by atoms with E-state index in [4.69, 9.17) is 8.83 Å². The molecule has 25 heavy (non-hydrogen) atoms. The minimum atomic E-state index is 0.514. The van der Waals surface area contributed by atoms with Crippen molar-refractivity contribution >= 4 is 11.8 Å². The van der Waals surface area contributed by atoms with Crippen LogP contribution in [0.5, 0.6) is 0 Å². The van der Waals surface area contributed by atoms with E-state index in [1.54, 1.807) is 6.26 Å². The molecule has 5 nitrogen and oxygen atoms in total. The summed E-state index contributed by atoms with van der Waals surface area (Å²) in [6.07, 6.45) is 1.66. The van der Waals surface area contributed by atoms with E-state index >= 15 is 0 Å². The maximum absolute atomic E-state index is 5.71. The molecule has 0 N–H and O–H groups in total. The number of oxazole rings is 1. The number of hydrogen-bond acceptors (Lipinski definition) is 6. The lowest BCUT2D eigenvalue weighted by Gasteiger charge is -1.95. The molecule has 0 spiro atoms. The second-order valence-corrected chi connectivity index (χ2v) is 6.46. The Morgan fingerprint density at radius 1 is 0.880 bits per heavy atom. The van der Waals surface area contributed by atoms with E-state index in [0.717, 1.165) is 16.8 Å². The highest BCUT2D eigenvalue weighted by molar-refractivity contribution is 7.98. The highest BCUT2D eigenvalue weighted by atomic mass is 32.2. The Balaban J connectivity index is 1.42. The fourth-order valence-corrected chi connectivity index (χ4v) is 2.94. The van der Waals surface area contributed by atoms with Gasteiger partial charge >= 0.3 is 0 Å². The molecule has 2 aromatic carbocycles. The topological polar surface area (TPSA) is 65.0 Å². The predicted octanol–water partition coefficient (Wildman–Crippen LogP) is 4.99. The minimum absolute atomic E-state index is 0.514. The Bertz CT molecular complexity index is 962. The monoisotopic (exact) mass is 349 g/mol. The van der Waals surface area contributed by atoms with Crippen LogP contribution in [-0.2, 0) is 5.75 Å². The first-order valence-corrected chi connectivity index (χ1v) is 8.80. The van der Waals surface area contributed by atoms with Crippen molar-refractivity contribution in [3.8, 4) is 22.9 Å². The first-order valence-electron chi connectivity index (χ1n) is 7.81. The first kappa shape index (κ1) is 15.7. The second kappa shape index (κ2) is 6.94. The molecule has 0 radical (unpaired) electrons. The van der Waals surface area contributed by atoms with E-state index in [9.17, 15) is 0 Å². The lowest BCUT2D eigenvalue weighted by Crippen LogP contribution is -1.82. The molecule has 0 amide bonds. The van der Waals surface area contributed by atoms with Gasteiger partial charge in [-0.3, -0.25) is 0 Å². The largest absolute Gasteiger partial charge is 0.444 e. The number of thioether (sulfide) groups is 1. The van der Waals surface area contributed by atoms with Crippen molar-refractivity contribution in [2.45, 2.75) is 17.9 Å². The quantitative estimate of drug-likeness (QED) is 0.473. The molecule has 0 saturated heterocycles. The van der Waals surface area contributed by atoms with Crippen LogP contribution in [0.25, 0.3) is 22.9 Å². The summed E-state index contributed by atoms with van der Waals surface area (Å²) in [7, 11) is 0. The molecule has 4 rings (SSSR count).